The van der Waals surface area contributed by atoms with E-state index in [4.69, 9.17) is 0 Å². The molecule has 0 aromatic rings. The summed E-state index contributed by atoms with van der Waals surface area (Å²) in [5.41, 5.74) is 0.141. The van der Waals surface area contributed by atoms with Crippen LogP contribution >= 0.6 is 22.9 Å². The molecule has 0 aromatic carbocycles. The topological polar surface area (TPSA) is 15.6 Å². The van der Waals surface area contributed by atoms with Gasteiger partial charge in [0.1, 0.15) is 0 Å². The van der Waals surface area contributed by atoms with E-state index in [0.717, 1.165) is 0 Å². The Labute approximate surface area is 69.1 Å². The van der Waals surface area contributed by atoms with Crippen LogP contribution in [0.3, 0.4) is 0 Å². The molecule has 0 fully saturated rings. The molecular weight excluding hydrogens is 227 g/mol. The maximum absolute atomic E-state index is 4.09. The number of nitrogens with zero attached hydrogens (tertiary/aromatic N) is 2. The summed E-state index contributed by atoms with van der Waals surface area (Å²) < 4.78 is 1.77. The molecule has 2 nitrogen and oxygen atoms in total. The van der Waals surface area contributed by atoms with Crippen LogP contribution in [-0.4, -0.2) is 9.44 Å². The molecule has 0 atom stereocenters. The summed E-state index contributed by atoms with van der Waals surface area (Å²) in [6.07, 6.45) is 6.01. The highest BCUT2D eigenvalue weighted by atomic mass is 127. The van der Waals surface area contributed by atoms with Crippen molar-refractivity contribution in [2.24, 2.45) is 10.5 Å². The summed E-state index contributed by atoms with van der Waals surface area (Å²) in [6, 6.07) is 0. The highest BCUT2D eigenvalue weighted by molar-refractivity contribution is 14.1. The molecule has 0 unspecified atom stereocenters. The summed E-state index contributed by atoms with van der Waals surface area (Å²) >= 11 is 2.12. The van der Waals surface area contributed by atoms with Crippen LogP contribution in [0.1, 0.15) is 13.8 Å². The van der Waals surface area contributed by atoms with Crippen LogP contribution in [0.4, 0.5) is 0 Å². The van der Waals surface area contributed by atoms with Crippen molar-refractivity contribution in [1.29, 1.82) is 0 Å². The zero-order valence-corrected chi connectivity index (χ0v) is 7.66. The van der Waals surface area contributed by atoms with E-state index >= 15 is 0 Å². The van der Waals surface area contributed by atoms with Crippen molar-refractivity contribution >= 4 is 29.1 Å². The van der Waals surface area contributed by atoms with Gasteiger partial charge in [-0.1, -0.05) is 19.9 Å². The highest BCUT2D eigenvalue weighted by Gasteiger charge is 2.13. The second-order valence-corrected chi connectivity index (χ2v) is 3.66. The molecule has 0 saturated carbocycles. The van der Waals surface area contributed by atoms with Gasteiger partial charge in [-0.2, -0.15) is 5.10 Å². The highest BCUT2D eigenvalue weighted by Crippen LogP contribution is 2.19. The predicted molar refractivity (Wildman–Crippen MR) is 47.3 cm³/mol. The van der Waals surface area contributed by atoms with Gasteiger partial charge >= 0.3 is 0 Å². The molecule has 3 heteroatoms. The van der Waals surface area contributed by atoms with E-state index in [2.05, 4.69) is 47.9 Å². The van der Waals surface area contributed by atoms with Crippen LogP contribution in [0.25, 0.3) is 0 Å². The van der Waals surface area contributed by atoms with Crippen LogP contribution < -0.4 is 0 Å². The maximum Gasteiger partial charge on any atom is 0.0842 e. The average molecular weight is 236 g/mol. The Morgan fingerprint density at radius 3 is 2.56 bits per heavy atom. The first-order chi connectivity index (χ1) is 4.10. The summed E-state index contributed by atoms with van der Waals surface area (Å²) in [7, 11) is 0. The van der Waals surface area contributed by atoms with E-state index in [9.17, 15) is 0 Å². The molecular formula is C6H9IN2. The average Bonchev–Trinajstić information content (AvgIpc) is 1.78. The fourth-order valence-electron chi connectivity index (χ4n) is 0.539. The van der Waals surface area contributed by atoms with Crippen molar-refractivity contribution in [2.45, 2.75) is 13.8 Å². The van der Waals surface area contributed by atoms with Crippen molar-refractivity contribution < 1.29 is 0 Å². The smallest absolute Gasteiger partial charge is 0.0842 e. The normalized spacial score (nSPS) is 22.8. The van der Waals surface area contributed by atoms with Crippen molar-refractivity contribution in [2.75, 3.05) is 0 Å². The summed E-state index contributed by atoms with van der Waals surface area (Å²) in [6.45, 7) is 4.24. The third-order valence-corrected chi connectivity index (χ3v) is 1.70. The molecule has 0 aliphatic carbocycles. The molecule has 0 N–H and O–H groups in total. The molecule has 9 heavy (non-hydrogen) atoms. The second-order valence-electron chi connectivity index (χ2n) is 2.67. The lowest BCUT2D eigenvalue weighted by molar-refractivity contribution is 0.608. The summed E-state index contributed by atoms with van der Waals surface area (Å²) in [5, 5.41) is 4.09. The number of hydrogen-bond acceptors (Lipinski definition) is 2. The molecule has 50 valence electrons. The largest absolute Gasteiger partial charge is 0.212 e. The Kier molecular flexibility index (Phi) is 1.79. The number of hydrazone groups is 1. The van der Waals surface area contributed by atoms with Crippen LogP contribution in [0.5, 0.6) is 0 Å². The van der Waals surface area contributed by atoms with E-state index in [-0.39, 0.29) is 5.41 Å². The van der Waals surface area contributed by atoms with Crippen LogP contribution in [0.2, 0.25) is 0 Å². The second kappa shape index (κ2) is 2.28. The Morgan fingerprint density at radius 2 is 2.22 bits per heavy atom. The lowest BCUT2D eigenvalue weighted by atomic mass is 9.95. The standard InChI is InChI=1S/C6H9IN2/c1-6(2)3-4-9(7)8-5-6/h3-5H,1-2H3. The van der Waals surface area contributed by atoms with E-state index in [1.165, 1.54) is 0 Å². The molecule has 0 radical (unpaired) electrons. The predicted octanol–water partition coefficient (Wildman–Crippen LogP) is 2.18. The van der Waals surface area contributed by atoms with Crippen molar-refractivity contribution in [3.63, 3.8) is 0 Å². The third kappa shape index (κ3) is 1.97. The van der Waals surface area contributed by atoms with Crippen LogP contribution in [0, 0.1) is 5.41 Å². The number of halogens is 1. The maximum atomic E-state index is 4.09. The van der Waals surface area contributed by atoms with E-state index in [1.54, 1.807) is 3.22 Å². The number of rotatable bonds is 0. The minimum Gasteiger partial charge on any atom is -0.212 e. The Balaban J connectivity index is 2.70. The molecule has 0 saturated heterocycles. The summed E-state index contributed by atoms with van der Waals surface area (Å²) in [5.74, 6) is 0. The van der Waals surface area contributed by atoms with Crippen molar-refractivity contribution in [1.82, 2.24) is 3.22 Å². The van der Waals surface area contributed by atoms with Gasteiger partial charge in [-0.25, -0.2) is 3.22 Å². The number of hydrogen-bond donors (Lipinski definition) is 0. The van der Waals surface area contributed by atoms with Gasteiger partial charge in [-0.15, -0.1) is 0 Å². The zero-order valence-electron chi connectivity index (χ0n) is 5.50. The zero-order chi connectivity index (χ0) is 6.91. The SMILES string of the molecule is CC1(C)C=CN(I)N=C1. The molecule has 0 bridgehead atoms. The molecule has 0 aromatic heterocycles. The fourth-order valence-corrected chi connectivity index (χ4v) is 0.824. The first-order valence-corrected chi connectivity index (χ1v) is 3.76. The van der Waals surface area contributed by atoms with Crippen LogP contribution in [-0.2, 0) is 0 Å². The van der Waals surface area contributed by atoms with Crippen molar-refractivity contribution in [3.8, 4) is 0 Å². The van der Waals surface area contributed by atoms with Gasteiger partial charge in [-0.3, -0.25) is 0 Å². The van der Waals surface area contributed by atoms with E-state index in [0.29, 0.717) is 0 Å². The minimum absolute atomic E-state index is 0.141. The quantitative estimate of drug-likeness (QED) is 0.465. The fraction of sp³-hybridized carbons (Fsp3) is 0.500. The molecule has 0 amide bonds. The lowest BCUT2D eigenvalue weighted by Crippen LogP contribution is -2.15. The first kappa shape index (κ1) is 7.05. The summed E-state index contributed by atoms with van der Waals surface area (Å²) in [4.78, 5) is 0. The first-order valence-electron chi connectivity index (χ1n) is 2.80. The van der Waals surface area contributed by atoms with Gasteiger partial charge in [0.25, 0.3) is 0 Å². The monoisotopic (exact) mass is 236 g/mol. The van der Waals surface area contributed by atoms with Gasteiger partial charge in [0.05, 0.1) is 22.9 Å². The molecule has 1 aliphatic heterocycles. The Morgan fingerprint density at radius 1 is 1.56 bits per heavy atom. The van der Waals surface area contributed by atoms with Gasteiger partial charge in [0, 0.05) is 17.8 Å². The van der Waals surface area contributed by atoms with Gasteiger partial charge in [-0.05, 0) is 0 Å². The Bertz CT molecular complexity index is 144. The molecule has 1 heterocycles. The van der Waals surface area contributed by atoms with Gasteiger partial charge in [0.15, 0.2) is 0 Å². The van der Waals surface area contributed by atoms with E-state index in [1.807, 2.05) is 12.4 Å². The lowest BCUT2D eigenvalue weighted by Gasteiger charge is -2.19. The van der Waals surface area contributed by atoms with Gasteiger partial charge in [0.2, 0.25) is 0 Å². The minimum atomic E-state index is 0.141. The van der Waals surface area contributed by atoms with Crippen LogP contribution in [0.15, 0.2) is 17.4 Å². The van der Waals surface area contributed by atoms with E-state index < -0.39 is 0 Å². The van der Waals surface area contributed by atoms with Gasteiger partial charge < -0.3 is 0 Å². The molecule has 0 spiro atoms. The van der Waals surface area contributed by atoms with Crippen molar-refractivity contribution in [3.05, 3.63) is 12.3 Å². The third-order valence-electron chi connectivity index (χ3n) is 1.13. The molecule has 1 aliphatic rings. The molecule has 1 rings (SSSR count). The number of allylic oxidation sites excluding steroid dienone is 1. The Hall–Kier alpha value is -0.0600.